The summed E-state index contributed by atoms with van der Waals surface area (Å²) in [7, 11) is 1.62. The van der Waals surface area contributed by atoms with Crippen LogP contribution in [0.15, 0.2) is 53.1 Å². The lowest BCUT2D eigenvalue weighted by Crippen LogP contribution is -2.47. The third-order valence-electron chi connectivity index (χ3n) is 3.74. The number of hydrogen-bond acceptors (Lipinski definition) is 4. The van der Waals surface area contributed by atoms with Gasteiger partial charge in [-0.2, -0.15) is 0 Å². The maximum Gasteiger partial charge on any atom is 0.240 e. The highest BCUT2D eigenvalue weighted by Crippen LogP contribution is 2.22. The highest BCUT2D eigenvalue weighted by molar-refractivity contribution is 5.85. The second-order valence-electron chi connectivity index (χ2n) is 7.29. The van der Waals surface area contributed by atoms with Crippen LogP contribution in [0.2, 0.25) is 0 Å². The minimum atomic E-state index is -0.323. The van der Waals surface area contributed by atoms with Crippen molar-refractivity contribution >= 4 is 11.8 Å². The van der Waals surface area contributed by atoms with E-state index < -0.39 is 0 Å². The van der Waals surface area contributed by atoms with Gasteiger partial charge >= 0.3 is 0 Å². The number of furan rings is 1. The molecule has 0 fully saturated rings. The molecule has 1 atom stereocenters. The molecule has 1 heterocycles. The zero-order chi connectivity index (χ0) is 19.2. The number of nitrogens with zero attached hydrogens (tertiary/aromatic N) is 1. The second-order valence-corrected chi connectivity index (χ2v) is 7.29. The molecule has 2 amide bonds. The first kappa shape index (κ1) is 19.7. The lowest BCUT2D eigenvalue weighted by atomic mass is 10.0. The topological polar surface area (TPSA) is 74.6 Å². The van der Waals surface area contributed by atoms with Crippen molar-refractivity contribution in [1.82, 2.24) is 15.5 Å². The first-order chi connectivity index (χ1) is 12.3. The van der Waals surface area contributed by atoms with Crippen LogP contribution in [0.25, 0.3) is 0 Å². The summed E-state index contributed by atoms with van der Waals surface area (Å²) < 4.78 is 5.51. The molecule has 0 saturated carbocycles. The highest BCUT2D eigenvalue weighted by atomic mass is 16.3. The molecule has 0 radical (unpaired) electrons. The van der Waals surface area contributed by atoms with Gasteiger partial charge in [0.2, 0.25) is 11.8 Å². The predicted octanol–water partition coefficient (Wildman–Crippen LogP) is 2.33. The SMILES string of the molecule is CN(CC(=O)NC(C)(C)C)C(=O)CN[C@@H](c1ccccc1)c1ccco1. The maximum absolute atomic E-state index is 12.4. The highest BCUT2D eigenvalue weighted by Gasteiger charge is 2.21. The van der Waals surface area contributed by atoms with Crippen LogP contribution < -0.4 is 10.6 Å². The summed E-state index contributed by atoms with van der Waals surface area (Å²) in [4.78, 5) is 25.8. The zero-order valence-electron chi connectivity index (χ0n) is 15.8. The minimum Gasteiger partial charge on any atom is -0.467 e. The summed E-state index contributed by atoms with van der Waals surface area (Å²) in [6.07, 6.45) is 1.61. The van der Waals surface area contributed by atoms with E-state index in [-0.39, 0.29) is 36.5 Å². The largest absolute Gasteiger partial charge is 0.467 e. The lowest BCUT2D eigenvalue weighted by Gasteiger charge is -2.24. The number of benzene rings is 1. The fraction of sp³-hybridized carbons (Fsp3) is 0.400. The number of rotatable bonds is 7. The molecule has 1 aromatic carbocycles. The zero-order valence-corrected chi connectivity index (χ0v) is 15.8. The van der Waals surface area contributed by atoms with Crippen molar-refractivity contribution in [1.29, 1.82) is 0 Å². The number of carbonyl (C=O) groups is 2. The Balaban J connectivity index is 1.96. The Labute approximate surface area is 154 Å². The first-order valence-corrected chi connectivity index (χ1v) is 8.63. The molecule has 0 bridgehead atoms. The number of carbonyl (C=O) groups excluding carboxylic acids is 2. The van der Waals surface area contributed by atoms with E-state index in [0.717, 1.165) is 11.3 Å². The lowest BCUT2D eigenvalue weighted by molar-refractivity contribution is -0.134. The average molecular weight is 357 g/mol. The van der Waals surface area contributed by atoms with Crippen LogP contribution in [0.3, 0.4) is 0 Å². The maximum atomic E-state index is 12.4. The molecule has 0 aliphatic heterocycles. The van der Waals surface area contributed by atoms with Gasteiger partial charge in [0, 0.05) is 12.6 Å². The van der Waals surface area contributed by atoms with Crippen molar-refractivity contribution in [2.24, 2.45) is 0 Å². The van der Waals surface area contributed by atoms with Crippen molar-refractivity contribution in [3.8, 4) is 0 Å². The molecular formula is C20H27N3O3. The summed E-state index contributed by atoms with van der Waals surface area (Å²) in [5.41, 5.74) is 0.681. The molecule has 6 nitrogen and oxygen atoms in total. The quantitative estimate of drug-likeness (QED) is 0.798. The molecule has 1 aromatic heterocycles. The van der Waals surface area contributed by atoms with Crippen molar-refractivity contribution in [3.05, 3.63) is 60.1 Å². The molecule has 2 rings (SSSR count). The first-order valence-electron chi connectivity index (χ1n) is 8.63. The Hall–Kier alpha value is -2.60. The van der Waals surface area contributed by atoms with Crippen LogP contribution in [-0.4, -0.2) is 42.4 Å². The molecular weight excluding hydrogens is 330 g/mol. The fourth-order valence-electron chi connectivity index (χ4n) is 2.57. The van der Waals surface area contributed by atoms with Gasteiger partial charge in [-0.15, -0.1) is 0 Å². The average Bonchev–Trinajstić information content (AvgIpc) is 3.08. The van der Waals surface area contributed by atoms with E-state index in [4.69, 9.17) is 4.42 Å². The van der Waals surface area contributed by atoms with Crippen LogP contribution in [0, 0.1) is 0 Å². The summed E-state index contributed by atoms with van der Waals surface area (Å²) in [6.45, 7) is 5.83. The Morgan fingerprint density at radius 2 is 1.81 bits per heavy atom. The van der Waals surface area contributed by atoms with Crippen molar-refractivity contribution in [2.75, 3.05) is 20.1 Å². The monoisotopic (exact) mass is 357 g/mol. The third kappa shape index (κ3) is 6.04. The van der Waals surface area contributed by atoms with Crippen LogP contribution in [0.1, 0.15) is 38.1 Å². The van der Waals surface area contributed by atoms with E-state index >= 15 is 0 Å². The normalized spacial score (nSPS) is 12.5. The van der Waals surface area contributed by atoms with Crippen LogP contribution in [0.4, 0.5) is 0 Å². The van der Waals surface area contributed by atoms with Gasteiger partial charge in [-0.05, 0) is 38.5 Å². The van der Waals surface area contributed by atoms with Crippen molar-refractivity contribution < 1.29 is 14.0 Å². The molecule has 0 aliphatic rings. The second kappa shape index (κ2) is 8.67. The number of nitrogens with one attached hydrogen (secondary N) is 2. The van der Waals surface area contributed by atoms with Gasteiger partial charge in [0.1, 0.15) is 5.76 Å². The summed E-state index contributed by atoms with van der Waals surface area (Å²) in [5, 5.41) is 6.07. The molecule has 0 unspecified atom stereocenters. The fourth-order valence-corrected chi connectivity index (χ4v) is 2.57. The predicted molar refractivity (Wildman–Crippen MR) is 101 cm³/mol. The van der Waals surface area contributed by atoms with Gasteiger partial charge in [-0.1, -0.05) is 30.3 Å². The molecule has 0 aliphatic carbocycles. The summed E-state index contributed by atoms with van der Waals surface area (Å²) in [5.74, 6) is 0.387. The Morgan fingerprint density at radius 3 is 2.38 bits per heavy atom. The van der Waals surface area contributed by atoms with E-state index in [2.05, 4.69) is 10.6 Å². The minimum absolute atomic E-state index is 0.0224. The number of hydrogen-bond donors (Lipinski definition) is 2. The third-order valence-corrected chi connectivity index (χ3v) is 3.74. The van der Waals surface area contributed by atoms with E-state index in [1.54, 1.807) is 13.3 Å². The number of likely N-dealkylation sites (N-methyl/N-ethyl adjacent to an activating group) is 1. The number of amides is 2. The Bertz CT molecular complexity index is 706. The summed E-state index contributed by atoms with van der Waals surface area (Å²) >= 11 is 0. The molecule has 0 saturated heterocycles. The molecule has 26 heavy (non-hydrogen) atoms. The van der Waals surface area contributed by atoms with Crippen molar-refractivity contribution in [3.63, 3.8) is 0 Å². The van der Waals surface area contributed by atoms with Gasteiger partial charge in [0.25, 0.3) is 0 Å². The Kier molecular flexibility index (Phi) is 6.58. The van der Waals surface area contributed by atoms with E-state index in [1.807, 2.05) is 63.2 Å². The van der Waals surface area contributed by atoms with Gasteiger partial charge in [-0.25, -0.2) is 0 Å². The molecule has 0 spiro atoms. The molecule has 140 valence electrons. The van der Waals surface area contributed by atoms with Gasteiger partial charge in [0.15, 0.2) is 0 Å². The Morgan fingerprint density at radius 1 is 1.12 bits per heavy atom. The van der Waals surface area contributed by atoms with Crippen LogP contribution in [-0.2, 0) is 9.59 Å². The molecule has 2 N–H and O–H groups in total. The van der Waals surface area contributed by atoms with Crippen LogP contribution in [0.5, 0.6) is 0 Å². The molecule has 6 heteroatoms. The van der Waals surface area contributed by atoms with Gasteiger partial charge in [0.05, 0.1) is 25.4 Å². The van der Waals surface area contributed by atoms with Gasteiger partial charge < -0.3 is 14.6 Å². The molecule has 2 aromatic rings. The standard InChI is InChI=1S/C20H27N3O3/c1-20(2,3)22-17(24)14-23(4)18(25)13-21-19(16-11-8-12-26-16)15-9-6-5-7-10-15/h5-12,19,21H,13-14H2,1-4H3,(H,22,24)/t19-/m0/s1. The summed E-state index contributed by atoms with van der Waals surface area (Å²) in [6, 6.07) is 13.2. The van der Waals surface area contributed by atoms with Gasteiger partial charge in [-0.3, -0.25) is 14.9 Å². The smallest absolute Gasteiger partial charge is 0.240 e. The van der Waals surface area contributed by atoms with Crippen LogP contribution >= 0.6 is 0 Å². The van der Waals surface area contributed by atoms with Crippen molar-refractivity contribution in [2.45, 2.75) is 32.4 Å². The van der Waals surface area contributed by atoms with E-state index in [1.165, 1.54) is 4.90 Å². The van der Waals surface area contributed by atoms with E-state index in [0.29, 0.717) is 0 Å². The van der Waals surface area contributed by atoms with E-state index in [9.17, 15) is 9.59 Å².